The van der Waals surface area contributed by atoms with Crippen LogP contribution in [0.2, 0.25) is 0 Å². The minimum absolute atomic E-state index is 0.138. The maximum absolute atomic E-state index is 12.1. The van der Waals surface area contributed by atoms with E-state index in [0.29, 0.717) is 12.1 Å². The highest BCUT2D eigenvalue weighted by atomic mass is 16.1. The van der Waals surface area contributed by atoms with Gasteiger partial charge in [0, 0.05) is 37.6 Å². The molecule has 118 valence electrons. The van der Waals surface area contributed by atoms with Crippen molar-refractivity contribution in [2.75, 3.05) is 6.54 Å². The van der Waals surface area contributed by atoms with Crippen molar-refractivity contribution in [3.05, 3.63) is 40.7 Å². The Labute approximate surface area is 131 Å². The van der Waals surface area contributed by atoms with Gasteiger partial charge in [-0.05, 0) is 32.8 Å². The van der Waals surface area contributed by atoms with Crippen molar-refractivity contribution in [1.82, 2.24) is 25.1 Å². The zero-order valence-electron chi connectivity index (χ0n) is 13.7. The van der Waals surface area contributed by atoms with Crippen LogP contribution in [-0.4, -0.2) is 32.2 Å². The first-order valence-corrected chi connectivity index (χ1v) is 7.68. The number of nitrogens with zero attached hydrogens (tertiary/aromatic N) is 4. The molecule has 0 spiro atoms. The predicted molar refractivity (Wildman–Crippen MR) is 84.8 cm³/mol. The van der Waals surface area contributed by atoms with Gasteiger partial charge in [-0.25, -0.2) is 9.97 Å². The van der Waals surface area contributed by atoms with Crippen molar-refractivity contribution in [2.45, 2.75) is 47.1 Å². The smallest absolute Gasteiger partial charge is 0.254 e. The van der Waals surface area contributed by atoms with Gasteiger partial charge in [0.1, 0.15) is 5.82 Å². The number of hydrogen-bond acceptors (Lipinski definition) is 4. The number of aryl methyl sites for hydroxylation is 3. The van der Waals surface area contributed by atoms with Crippen LogP contribution in [0, 0.1) is 13.8 Å². The zero-order chi connectivity index (χ0) is 16.1. The molecule has 0 fully saturated rings. The van der Waals surface area contributed by atoms with Crippen LogP contribution in [0.25, 0.3) is 0 Å². The zero-order valence-corrected chi connectivity index (χ0v) is 13.7. The molecule has 1 amide bonds. The maximum atomic E-state index is 12.1. The standard InChI is InChI=1S/C16H23N5O/c1-5-15-18-9-13(10-19-15)16(22)17-8-7-14-11(3)20-21(6-2)12(14)4/h9-10H,5-8H2,1-4H3,(H,17,22). The molecule has 6 nitrogen and oxygen atoms in total. The molecule has 2 rings (SSSR count). The molecule has 2 heterocycles. The van der Waals surface area contributed by atoms with E-state index < -0.39 is 0 Å². The highest BCUT2D eigenvalue weighted by Crippen LogP contribution is 2.13. The van der Waals surface area contributed by atoms with Gasteiger partial charge in [-0.1, -0.05) is 6.92 Å². The lowest BCUT2D eigenvalue weighted by atomic mass is 10.1. The van der Waals surface area contributed by atoms with Gasteiger partial charge in [-0.15, -0.1) is 0 Å². The predicted octanol–water partition coefficient (Wildman–Crippen LogP) is 1.84. The third-order valence-electron chi connectivity index (χ3n) is 3.78. The lowest BCUT2D eigenvalue weighted by Gasteiger charge is -2.06. The number of amides is 1. The van der Waals surface area contributed by atoms with Crippen molar-refractivity contribution in [1.29, 1.82) is 0 Å². The van der Waals surface area contributed by atoms with Crippen molar-refractivity contribution in [3.63, 3.8) is 0 Å². The summed E-state index contributed by atoms with van der Waals surface area (Å²) in [4.78, 5) is 20.3. The molecular weight excluding hydrogens is 278 g/mol. The fourth-order valence-electron chi connectivity index (χ4n) is 2.46. The molecule has 0 aromatic carbocycles. The van der Waals surface area contributed by atoms with Crippen LogP contribution < -0.4 is 5.32 Å². The second-order valence-electron chi connectivity index (χ2n) is 5.21. The quantitative estimate of drug-likeness (QED) is 0.883. The summed E-state index contributed by atoms with van der Waals surface area (Å²) >= 11 is 0. The molecule has 22 heavy (non-hydrogen) atoms. The molecule has 0 radical (unpaired) electrons. The van der Waals surface area contributed by atoms with Gasteiger partial charge in [0.15, 0.2) is 0 Å². The van der Waals surface area contributed by atoms with E-state index in [1.54, 1.807) is 12.4 Å². The lowest BCUT2D eigenvalue weighted by molar-refractivity contribution is 0.0953. The molecule has 0 bridgehead atoms. The highest BCUT2D eigenvalue weighted by Gasteiger charge is 2.11. The normalized spacial score (nSPS) is 10.7. The van der Waals surface area contributed by atoms with E-state index in [0.717, 1.165) is 30.9 Å². The lowest BCUT2D eigenvalue weighted by Crippen LogP contribution is -2.26. The first-order valence-electron chi connectivity index (χ1n) is 7.68. The van der Waals surface area contributed by atoms with Gasteiger partial charge in [0.05, 0.1) is 11.3 Å². The molecule has 6 heteroatoms. The summed E-state index contributed by atoms with van der Waals surface area (Å²) in [6.07, 6.45) is 4.69. The Morgan fingerprint density at radius 3 is 2.45 bits per heavy atom. The van der Waals surface area contributed by atoms with E-state index in [-0.39, 0.29) is 5.91 Å². The highest BCUT2D eigenvalue weighted by molar-refractivity contribution is 5.93. The van der Waals surface area contributed by atoms with Gasteiger partial charge in [-0.3, -0.25) is 9.48 Å². The number of nitrogens with one attached hydrogen (secondary N) is 1. The monoisotopic (exact) mass is 301 g/mol. The summed E-state index contributed by atoms with van der Waals surface area (Å²) in [5.41, 5.74) is 3.91. The number of carbonyl (C=O) groups excluding carboxylic acids is 1. The molecule has 0 atom stereocenters. The van der Waals surface area contributed by atoms with E-state index in [1.807, 2.05) is 18.5 Å². The second kappa shape index (κ2) is 7.15. The van der Waals surface area contributed by atoms with Crippen molar-refractivity contribution < 1.29 is 4.79 Å². The molecule has 1 N–H and O–H groups in total. The van der Waals surface area contributed by atoms with Crippen molar-refractivity contribution in [2.24, 2.45) is 0 Å². The van der Waals surface area contributed by atoms with E-state index in [2.05, 4.69) is 34.2 Å². The average molecular weight is 301 g/mol. The Morgan fingerprint density at radius 1 is 1.23 bits per heavy atom. The summed E-state index contributed by atoms with van der Waals surface area (Å²) in [6, 6.07) is 0. The molecule has 0 aliphatic heterocycles. The van der Waals surface area contributed by atoms with Gasteiger partial charge in [-0.2, -0.15) is 5.10 Å². The Balaban J connectivity index is 1.93. The van der Waals surface area contributed by atoms with Crippen LogP contribution in [0.1, 0.15) is 47.0 Å². The Hall–Kier alpha value is -2.24. The fraction of sp³-hybridized carbons (Fsp3) is 0.500. The van der Waals surface area contributed by atoms with E-state index >= 15 is 0 Å². The third kappa shape index (κ3) is 3.50. The largest absolute Gasteiger partial charge is 0.352 e. The number of carbonyl (C=O) groups is 1. The topological polar surface area (TPSA) is 72.7 Å². The van der Waals surface area contributed by atoms with E-state index in [4.69, 9.17) is 0 Å². The van der Waals surface area contributed by atoms with Crippen molar-refractivity contribution >= 4 is 5.91 Å². The Kier molecular flexibility index (Phi) is 5.25. The number of hydrogen-bond donors (Lipinski definition) is 1. The van der Waals surface area contributed by atoms with Gasteiger partial charge >= 0.3 is 0 Å². The second-order valence-corrected chi connectivity index (χ2v) is 5.21. The van der Waals surface area contributed by atoms with Crippen LogP contribution in [0.3, 0.4) is 0 Å². The Bertz CT molecular complexity index is 645. The summed E-state index contributed by atoms with van der Waals surface area (Å²) in [5, 5.41) is 7.40. The summed E-state index contributed by atoms with van der Waals surface area (Å²) in [7, 11) is 0. The SMILES string of the molecule is CCc1ncc(C(=O)NCCc2c(C)nn(CC)c2C)cn1. The van der Waals surface area contributed by atoms with E-state index in [9.17, 15) is 4.79 Å². The van der Waals surface area contributed by atoms with Crippen LogP contribution >= 0.6 is 0 Å². The van der Waals surface area contributed by atoms with Crippen LogP contribution in [0.15, 0.2) is 12.4 Å². The van der Waals surface area contributed by atoms with Gasteiger partial charge < -0.3 is 5.32 Å². The van der Waals surface area contributed by atoms with Crippen LogP contribution in [-0.2, 0) is 19.4 Å². The van der Waals surface area contributed by atoms with Crippen LogP contribution in [0.5, 0.6) is 0 Å². The first kappa shape index (κ1) is 16.1. The summed E-state index contributed by atoms with van der Waals surface area (Å²) < 4.78 is 1.99. The maximum Gasteiger partial charge on any atom is 0.254 e. The van der Waals surface area contributed by atoms with Gasteiger partial charge in [0.25, 0.3) is 5.91 Å². The fourth-order valence-corrected chi connectivity index (χ4v) is 2.46. The minimum Gasteiger partial charge on any atom is -0.352 e. The van der Waals surface area contributed by atoms with Crippen LogP contribution in [0.4, 0.5) is 0 Å². The molecule has 0 unspecified atom stereocenters. The van der Waals surface area contributed by atoms with Gasteiger partial charge in [0.2, 0.25) is 0 Å². The first-order chi connectivity index (χ1) is 10.6. The minimum atomic E-state index is -0.138. The number of aromatic nitrogens is 4. The Morgan fingerprint density at radius 2 is 1.91 bits per heavy atom. The molecular formula is C16H23N5O. The van der Waals surface area contributed by atoms with Crippen molar-refractivity contribution in [3.8, 4) is 0 Å². The number of rotatable bonds is 6. The molecule has 0 saturated heterocycles. The summed E-state index contributed by atoms with van der Waals surface area (Å²) in [6.45, 7) is 9.57. The molecule has 2 aromatic heterocycles. The molecule has 0 saturated carbocycles. The third-order valence-corrected chi connectivity index (χ3v) is 3.78. The van der Waals surface area contributed by atoms with E-state index in [1.165, 1.54) is 11.3 Å². The molecule has 2 aromatic rings. The average Bonchev–Trinajstić information content (AvgIpc) is 2.82. The molecule has 0 aliphatic rings. The summed E-state index contributed by atoms with van der Waals surface area (Å²) in [5.74, 6) is 0.607. The molecule has 0 aliphatic carbocycles.